The minimum absolute atomic E-state index is 0.0431. The Balaban J connectivity index is 1.90. The number of allylic oxidation sites excluding steroid dienone is 1. The monoisotopic (exact) mass is 371 g/mol. The van der Waals surface area contributed by atoms with E-state index < -0.39 is 16.1 Å². The van der Waals surface area contributed by atoms with Crippen LogP contribution < -0.4 is 9.47 Å². The summed E-state index contributed by atoms with van der Waals surface area (Å²) in [6.07, 6.45) is 1.58. The Labute approximate surface area is 151 Å². The van der Waals surface area contributed by atoms with E-state index in [1.165, 1.54) is 10.4 Å². The maximum absolute atomic E-state index is 13.1. The molecule has 0 spiro atoms. The van der Waals surface area contributed by atoms with Gasteiger partial charge in [0.1, 0.15) is 5.70 Å². The topological polar surface area (TPSA) is 72.9 Å². The molecule has 0 saturated carbocycles. The van der Waals surface area contributed by atoms with Crippen LogP contribution in [0.15, 0.2) is 53.1 Å². The predicted octanol–water partition coefficient (Wildman–Crippen LogP) is 3.05. The fraction of sp³-hybridized carbons (Fsp3) is 0.211. The van der Waals surface area contributed by atoms with Crippen molar-refractivity contribution in [3.63, 3.8) is 0 Å². The number of rotatable bonds is 2. The third-order valence-electron chi connectivity index (χ3n) is 4.31. The number of Topliss-reactive ketones (excluding diaryl/α,β-unsaturated/α-hetero) is 1. The van der Waals surface area contributed by atoms with Gasteiger partial charge in [0.25, 0.3) is 10.0 Å². The molecule has 26 heavy (non-hydrogen) atoms. The van der Waals surface area contributed by atoms with Crippen molar-refractivity contribution in [2.45, 2.75) is 24.8 Å². The molecule has 0 aromatic heterocycles. The molecule has 2 aliphatic heterocycles. The van der Waals surface area contributed by atoms with Crippen molar-refractivity contribution >= 4 is 21.9 Å². The molecule has 6 nitrogen and oxygen atoms in total. The van der Waals surface area contributed by atoms with E-state index in [1.54, 1.807) is 56.3 Å². The molecule has 0 N–H and O–H groups in total. The van der Waals surface area contributed by atoms with Crippen molar-refractivity contribution in [1.29, 1.82) is 0 Å². The van der Waals surface area contributed by atoms with Crippen molar-refractivity contribution in [2.24, 2.45) is 0 Å². The Hall–Kier alpha value is -2.80. The first-order valence-corrected chi connectivity index (χ1v) is 9.63. The largest absolute Gasteiger partial charge is 0.454 e. The molecular formula is C19H17NO5S. The highest BCUT2D eigenvalue weighted by atomic mass is 32.2. The van der Waals surface area contributed by atoms with Crippen LogP contribution in [0.2, 0.25) is 0 Å². The zero-order chi connectivity index (χ0) is 18.5. The van der Waals surface area contributed by atoms with Crippen LogP contribution in [0.4, 0.5) is 0 Å². The number of carbonyl (C=O) groups is 1. The fourth-order valence-electron chi connectivity index (χ4n) is 3.20. The molecule has 0 aliphatic carbocycles. The van der Waals surface area contributed by atoms with Gasteiger partial charge in [-0.3, -0.25) is 9.10 Å². The minimum Gasteiger partial charge on any atom is -0.454 e. The molecule has 2 aromatic carbocycles. The van der Waals surface area contributed by atoms with Crippen LogP contribution in [0.25, 0.3) is 6.08 Å². The van der Waals surface area contributed by atoms with Gasteiger partial charge in [-0.15, -0.1) is 0 Å². The number of fused-ring (bicyclic) bond motifs is 2. The maximum Gasteiger partial charge on any atom is 0.265 e. The van der Waals surface area contributed by atoms with Gasteiger partial charge >= 0.3 is 0 Å². The second-order valence-corrected chi connectivity index (χ2v) is 8.15. The summed E-state index contributed by atoms with van der Waals surface area (Å²) in [6.45, 7) is 3.63. The number of nitrogens with zero attached hydrogens (tertiary/aromatic N) is 1. The zero-order valence-corrected chi connectivity index (χ0v) is 15.1. The van der Waals surface area contributed by atoms with E-state index in [1.807, 2.05) is 0 Å². The van der Waals surface area contributed by atoms with Crippen molar-refractivity contribution in [2.75, 3.05) is 6.79 Å². The molecule has 2 aliphatic rings. The normalized spacial score (nSPS) is 19.1. The van der Waals surface area contributed by atoms with Gasteiger partial charge in [-0.25, -0.2) is 8.42 Å². The van der Waals surface area contributed by atoms with Crippen LogP contribution in [0, 0.1) is 0 Å². The lowest BCUT2D eigenvalue weighted by Crippen LogP contribution is -2.43. The van der Waals surface area contributed by atoms with E-state index in [4.69, 9.17) is 9.47 Å². The first-order valence-electron chi connectivity index (χ1n) is 8.19. The number of ketones is 1. The molecule has 2 heterocycles. The van der Waals surface area contributed by atoms with Crippen LogP contribution in [0.1, 0.15) is 29.8 Å². The van der Waals surface area contributed by atoms with Gasteiger partial charge < -0.3 is 9.47 Å². The smallest absolute Gasteiger partial charge is 0.265 e. The average molecular weight is 371 g/mol. The van der Waals surface area contributed by atoms with Gasteiger partial charge in [-0.2, -0.15) is 0 Å². The van der Waals surface area contributed by atoms with Crippen molar-refractivity contribution in [1.82, 2.24) is 4.31 Å². The number of ether oxygens (including phenoxy) is 2. The number of hydrogen-bond acceptors (Lipinski definition) is 5. The molecule has 0 bridgehead atoms. The third kappa shape index (κ3) is 2.47. The summed E-state index contributed by atoms with van der Waals surface area (Å²) in [5.74, 6) is 0.879. The van der Waals surface area contributed by atoms with Crippen molar-refractivity contribution in [3.8, 4) is 11.5 Å². The second kappa shape index (κ2) is 5.88. The van der Waals surface area contributed by atoms with Gasteiger partial charge in [-0.05, 0) is 49.8 Å². The molecule has 134 valence electrons. The Morgan fingerprint density at radius 3 is 2.58 bits per heavy atom. The van der Waals surface area contributed by atoms with Crippen LogP contribution in [-0.2, 0) is 10.0 Å². The lowest BCUT2D eigenvalue weighted by Gasteiger charge is -2.34. The summed E-state index contributed by atoms with van der Waals surface area (Å²) in [7, 11) is -3.81. The molecule has 0 atom stereocenters. The Bertz CT molecular complexity index is 1040. The van der Waals surface area contributed by atoms with Crippen LogP contribution >= 0.6 is 0 Å². The zero-order valence-electron chi connectivity index (χ0n) is 14.3. The van der Waals surface area contributed by atoms with Gasteiger partial charge in [-0.1, -0.05) is 18.2 Å². The van der Waals surface area contributed by atoms with Gasteiger partial charge in [0, 0.05) is 11.6 Å². The Morgan fingerprint density at radius 2 is 1.81 bits per heavy atom. The predicted molar refractivity (Wildman–Crippen MR) is 95.5 cm³/mol. The number of carbonyl (C=O) groups excluding carboxylic acids is 1. The first kappa shape index (κ1) is 16.7. The third-order valence-corrected chi connectivity index (χ3v) is 6.36. The van der Waals surface area contributed by atoms with E-state index >= 15 is 0 Å². The summed E-state index contributed by atoms with van der Waals surface area (Å²) >= 11 is 0. The SMILES string of the molecule is CC(C)N1C(=Cc2ccc3c(c2)OCO3)C(=O)c2ccccc2S1(=O)=O. The van der Waals surface area contributed by atoms with E-state index in [0.29, 0.717) is 17.1 Å². The maximum atomic E-state index is 13.1. The van der Waals surface area contributed by atoms with Gasteiger partial charge in [0.2, 0.25) is 12.6 Å². The fourth-order valence-corrected chi connectivity index (χ4v) is 5.05. The van der Waals surface area contributed by atoms with E-state index in [9.17, 15) is 13.2 Å². The number of hydrogen-bond donors (Lipinski definition) is 0. The van der Waals surface area contributed by atoms with E-state index in [2.05, 4.69) is 0 Å². The highest BCUT2D eigenvalue weighted by Gasteiger charge is 2.40. The van der Waals surface area contributed by atoms with Gasteiger partial charge in [0.15, 0.2) is 11.5 Å². The minimum atomic E-state index is -3.81. The molecule has 0 unspecified atom stereocenters. The van der Waals surface area contributed by atoms with Crippen molar-refractivity contribution in [3.05, 3.63) is 59.3 Å². The van der Waals surface area contributed by atoms with Crippen LogP contribution in [0.5, 0.6) is 11.5 Å². The Morgan fingerprint density at radius 1 is 1.08 bits per heavy atom. The second-order valence-electron chi connectivity index (χ2n) is 6.36. The first-order chi connectivity index (χ1) is 12.4. The standard InChI is InChI=1S/C19H17NO5S/c1-12(2)20-15(9-13-7-8-16-17(10-13)25-11-24-16)19(21)14-5-3-4-6-18(14)26(20,22)23/h3-10,12H,11H2,1-2H3. The summed E-state index contributed by atoms with van der Waals surface area (Å²) in [4.78, 5) is 13.1. The lowest BCUT2D eigenvalue weighted by atomic mass is 10.0. The van der Waals surface area contributed by atoms with Gasteiger partial charge in [0.05, 0.1) is 4.90 Å². The molecule has 0 radical (unpaired) electrons. The number of benzene rings is 2. The molecular weight excluding hydrogens is 354 g/mol. The lowest BCUT2D eigenvalue weighted by molar-refractivity contribution is 0.0996. The quantitative estimate of drug-likeness (QED) is 0.759. The molecule has 0 saturated heterocycles. The molecule has 2 aromatic rings. The van der Waals surface area contributed by atoms with E-state index in [0.717, 1.165) is 0 Å². The molecule has 0 amide bonds. The highest BCUT2D eigenvalue weighted by Crippen LogP contribution is 2.37. The number of sulfonamides is 1. The highest BCUT2D eigenvalue weighted by molar-refractivity contribution is 7.89. The summed E-state index contributed by atoms with van der Waals surface area (Å²) in [6, 6.07) is 11.1. The summed E-state index contributed by atoms with van der Waals surface area (Å²) in [5.41, 5.74) is 0.979. The van der Waals surface area contributed by atoms with Crippen molar-refractivity contribution < 1.29 is 22.7 Å². The molecule has 7 heteroatoms. The molecule has 0 fully saturated rings. The van der Waals surface area contributed by atoms with E-state index in [-0.39, 0.29) is 28.7 Å². The Kier molecular flexibility index (Phi) is 3.77. The summed E-state index contributed by atoms with van der Waals surface area (Å²) < 4.78 is 38.0. The van der Waals surface area contributed by atoms with Crippen LogP contribution in [0.3, 0.4) is 0 Å². The summed E-state index contributed by atoms with van der Waals surface area (Å²) in [5, 5.41) is 0. The average Bonchev–Trinajstić information content (AvgIpc) is 3.07. The van der Waals surface area contributed by atoms with Crippen LogP contribution in [-0.4, -0.2) is 31.3 Å². The molecule has 4 rings (SSSR count).